The molecule has 0 unspecified atom stereocenters. The second kappa shape index (κ2) is 3.21. The minimum atomic E-state index is -0.844. The van der Waals surface area contributed by atoms with Crippen molar-refractivity contribution in [1.82, 2.24) is 9.78 Å². The number of hydrogen-bond acceptors (Lipinski definition) is 1. The van der Waals surface area contributed by atoms with E-state index >= 15 is 0 Å². The number of aryl methyl sites for hydroxylation is 1. The third kappa shape index (κ3) is 1.39. The smallest absolute Gasteiger partial charge is 0.159 e. The highest BCUT2D eigenvalue weighted by atomic mass is 19.2. The van der Waals surface area contributed by atoms with E-state index in [-0.39, 0.29) is 0 Å². The van der Waals surface area contributed by atoms with Crippen LogP contribution in [0.3, 0.4) is 0 Å². The predicted octanol–water partition coefficient (Wildman–Crippen LogP) is 2.37. The van der Waals surface area contributed by atoms with Gasteiger partial charge in [0.25, 0.3) is 0 Å². The number of aromatic nitrogens is 2. The SMILES string of the molecule is Cn1nccc1-c1ccc(F)c(F)c1. The molecule has 0 saturated heterocycles. The first-order valence-electron chi connectivity index (χ1n) is 4.12. The van der Waals surface area contributed by atoms with Crippen LogP contribution >= 0.6 is 0 Å². The lowest BCUT2D eigenvalue weighted by molar-refractivity contribution is 0.509. The molecule has 0 N–H and O–H groups in total. The van der Waals surface area contributed by atoms with E-state index in [1.807, 2.05) is 0 Å². The topological polar surface area (TPSA) is 17.8 Å². The van der Waals surface area contributed by atoms with E-state index in [4.69, 9.17) is 0 Å². The Balaban J connectivity index is 2.53. The number of nitrogens with zero attached hydrogens (tertiary/aromatic N) is 2. The zero-order chi connectivity index (χ0) is 10.1. The van der Waals surface area contributed by atoms with E-state index in [9.17, 15) is 8.78 Å². The third-order valence-electron chi connectivity index (χ3n) is 2.04. The fourth-order valence-corrected chi connectivity index (χ4v) is 1.31. The molecule has 1 aromatic carbocycles. The minimum Gasteiger partial charge on any atom is -0.268 e. The van der Waals surface area contributed by atoms with Crippen molar-refractivity contribution in [3.8, 4) is 11.3 Å². The molecule has 4 heteroatoms. The van der Waals surface area contributed by atoms with Gasteiger partial charge in [-0.15, -0.1) is 0 Å². The van der Waals surface area contributed by atoms with Crippen LogP contribution in [0.25, 0.3) is 11.3 Å². The molecule has 14 heavy (non-hydrogen) atoms. The largest absolute Gasteiger partial charge is 0.268 e. The number of benzene rings is 1. The molecule has 2 aromatic rings. The lowest BCUT2D eigenvalue weighted by Gasteiger charge is -2.02. The average molecular weight is 194 g/mol. The molecule has 0 aliphatic carbocycles. The summed E-state index contributed by atoms with van der Waals surface area (Å²) >= 11 is 0. The molecule has 0 bridgehead atoms. The van der Waals surface area contributed by atoms with Crippen LogP contribution in [0.15, 0.2) is 30.5 Å². The van der Waals surface area contributed by atoms with Gasteiger partial charge in [-0.2, -0.15) is 5.10 Å². The van der Waals surface area contributed by atoms with Crippen LogP contribution in [0.5, 0.6) is 0 Å². The van der Waals surface area contributed by atoms with Crippen LogP contribution in [0, 0.1) is 11.6 Å². The van der Waals surface area contributed by atoms with Gasteiger partial charge in [0, 0.05) is 18.8 Å². The van der Waals surface area contributed by atoms with Gasteiger partial charge in [-0.1, -0.05) is 0 Å². The Bertz CT molecular complexity index is 463. The molecule has 0 aliphatic heterocycles. The fraction of sp³-hybridized carbons (Fsp3) is 0.100. The molecule has 2 nitrogen and oxygen atoms in total. The van der Waals surface area contributed by atoms with E-state index in [2.05, 4.69) is 5.10 Å². The van der Waals surface area contributed by atoms with Crippen molar-refractivity contribution >= 4 is 0 Å². The second-order valence-corrected chi connectivity index (χ2v) is 2.97. The molecule has 0 fully saturated rings. The second-order valence-electron chi connectivity index (χ2n) is 2.97. The highest BCUT2D eigenvalue weighted by Gasteiger charge is 2.06. The highest BCUT2D eigenvalue weighted by Crippen LogP contribution is 2.20. The van der Waals surface area contributed by atoms with Gasteiger partial charge in [-0.05, 0) is 24.3 Å². The first-order valence-corrected chi connectivity index (χ1v) is 4.12. The predicted molar refractivity (Wildman–Crippen MR) is 48.6 cm³/mol. The van der Waals surface area contributed by atoms with Crippen LogP contribution in [0.2, 0.25) is 0 Å². The highest BCUT2D eigenvalue weighted by molar-refractivity contribution is 5.59. The maximum Gasteiger partial charge on any atom is 0.159 e. The van der Waals surface area contributed by atoms with Crippen molar-refractivity contribution in [3.63, 3.8) is 0 Å². The van der Waals surface area contributed by atoms with Crippen LogP contribution in [0.1, 0.15) is 0 Å². The minimum absolute atomic E-state index is 0.615. The van der Waals surface area contributed by atoms with Crippen molar-refractivity contribution < 1.29 is 8.78 Å². The van der Waals surface area contributed by atoms with Gasteiger partial charge in [-0.25, -0.2) is 8.78 Å². The lowest BCUT2D eigenvalue weighted by atomic mass is 10.1. The molecule has 0 aliphatic rings. The monoisotopic (exact) mass is 194 g/mol. The van der Waals surface area contributed by atoms with E-state index < -0.39 is 11.6 Å². The molecule has 0 atom stereocenters. The van der Waals surface area contributed by atoms with Crippen LogP contribution < -0.4 is 0 Å². The number of hydrogen-bond donors (Lipinski definition) is 0. The molecule has 2 rings (SSSR count). The molecular formula is C10H8F2N2. The summed E-state index contributed by atoms with van der Waals surface area (Å²) in [4.78, 5) is 0. The Kier molecular flexibility index (Phi) is 2.04. The van der Waals surface area contributed by atoms with Crippen molar-refractivity contribution in [2.24, 2.45) is 7.05 Å². The van der Waals surface area contributed by atoms with Gasteiger partial charge in [0.1, 0.15) is 0 Å². The molecule has 0 saturated carbocycles. The molecule has 1 aromatic heterocycles. The summed E-state index contributed by atoms with van der Waals surface area (Å²) < 4.78 is 27.1. The molecule has 0 radical (unpaired) electrons. The molecule has 72 valence electrons. The first kappa shape index (κ1) is 8.87. The van der Waals surface area contributed by atoms with Crippen molar-refractivity contribution in [3.05, 3.63) is 42.1 Å². The Labute approximate surface area is 79.8 Å². The summed E-state index contributed by atoms with van der Waals surface area (Å²) in [7, 11) is 1.75. The molecule has 1 heterocycles. The van der Waals surface area contributed by atoms with E-state index in [1.165, 1.54) is 6.07 Å². The van der Waals surface area contributed by atoms with Crippen LogP contribution in [-0.4, -0.2) is 9.78 Å². The summed E-state index contributed by atoms with van der Waals surface area (Å²) in [6, 6.07) is 5.53. The molecular weight excluding hydrogens is 186 g/mol. The number of halogens is 2. The van der Waals surface area contributed by atoms with Crippen LogP contribution in [-0.2, 0) is 7.05 Å². The van der Waals surface area contributed by atoms with Crippen molar-refractivity contribution in [2.75, 3.05) is 0 Å². The van der Waals surface area contributed by atoms with Gasteiger partial charge >= 0.3 is 0 Å². The Morgan fingerprint density at radius 1 is 1.14 bits per heavy atom. The Morgan fingerprint density at radius 2 is 1.93 bits per heavy atom. The van der Waals surface area contributed by atoms with Gasteiger partial charge in [0.05, 0.1) is 5.69 Å². The standard InChI is InChI=1S/C10H8F2N2/c1-14-10(4-5-13-14)7-2-3-8(11)9(12)6-7/h2-6H,1H3. The average Bonchev–Trinajstić information content (AvgIpc) is 2.57. The zero-order valence-electron chi connectivity index (χ0n) is 7.54. The number of rotatable bonds is 1. The Hall–Kier alpha value is -1.71. The summed E-state index contributed by atoms with van der Waals surface area (Å²) in [6.45, 7) is 0. The van der Waals surface area contributed by atoms with Gasteiger partial charge < -0.3 is 0 Å². The fourth-order valence-electron chi connectivity index (χ4n) is 1.31. The summed E-state index contributed by atoms with van der Waals surface area (Å²) in [6.07, 6.45) is 1.61. The maximum absolute atomic E-state index is 12.9. The van der Waals surface area contributed by atoms with Crippen molar-refractivity contribution in [2.45, 2.75) is 0 Å². The maximum atomic E-state index is 12.9. The summed E-state index contributed by atoms with van der Waals surface area (Å²) in [5.74, 6) is -1.68. The van der Waals surface area contributed by atoms with Gasteiger partial charge in [0.15, 0.2) is 11.6 Å². The van der Waals surface area contributed by atoms with Crippen LogP contribution in [0.4, 0.5) is 8.78 Å². The Morgan fingerprint density at radius 3 is 2.50 bits per heavy atom. The van der Waals surface area contributed by atoms with E-state index in [1.54, 1.807) is 24.0 Å². The third-order valence-corrected chi connectivity index (χ3v) is 2.04. The van der Waals surface area contributed by atoms with Gasteiger partial charge in [0.2, 0.25) is 0 Å². The summed E-state index contributed by atoms with van der Waals surface area (Å²) in [5, 5.41) is 3.95. The van der Waals surface area contributed by atoms with E-state index in [0.29, 0.717) is 5.56 Å². The zero-order valence-corrected chi connectivity index (χ0v) is 7.54. The molecule has 0 amide bonds. The van der Waals surface area contributed by atoms with Crippen molar-refractivity contribution in [1.29, 1.82) is 0 Å². The summed E-state index contributed by atoms with van der Waals surface area (Å²) in [5.41, 5.74) is 1.37. The molecule has 0 spiro atoms. The van der Waals surface area contributed by atoms with E-state index in [0.717, 1.165) is 17.8 Å². The normalized spacial score (nSPS) is 10.5. The van der Waals surface area contributed by atoms with Gasteiger partial charge in [-0.3, -0.25) is 4.68 Å². The lowest BCUT2D eigenvalue weighted by Crippen LogP contribution is -1.94. The quantitative estimate of drug-likeness (QED) is 0.681. The first-order chi connectivity index (χ1) is 6.68.